The molecule has 0 bridgehead atoms. The molecule has 0 aliphatic carbocycles. The lowest BCUT2D eigenvalue weighted by atomic mass is 10.0. The molecule has 0 atom stereocenters. The average Bonchev–Trinajstić information content (AvgIpc) is 3.27. The molecule has 2 aliphatic rings. The molecule has 7 heteroatoms. The zero-order chi connectivity index (χ0) is 23.7. The molecule has 2 heterocycles. The molecule has 3 aromatic carbocycles. The normalized spacial score (nSPS) is 15.8. The summed E-state index contributed by atoms with van der Waals surface area (Å²) in [4.78, 5) is 32.4. The monoisotopic (exact) mass is 474 g/mol. The third-order valence-corrected chi connectivity index (χ3v) is 6.85. The van der Waals surface area contributed by atoms with Crippen molar-refractivity contribution in [3.8, 4) is 0 Å². The van der Waals surface area contributed by atoms with Crippen molar-refractivity contribution in [3.05, 3.63) is 88.4 Å². The second-order valence-electron chi connectivity index (χ2n) is 8.83. The molecule has 1 fully saturated rings. The number of rotatable bonds is 4. The molecule has 3 aromatic rings. The molecule has 2 aliphatic heterocycles. The van der Waals surface area contributed by atoms with Gasteiger partial charge in [0, 0.05) is 49.5 Å². The first-order valence-corrected chi connectivity index (χ1v) is 11.9. The Balaban J connectivity index is 1.34. The summed E-state index contributed by atoms with van der Waals surface area (Å²) < 4.78 is 0. The van der Waals surface area contributed by atoms with E-state index >= 15 is 0 Å². The molecule has 0 radical (unpaired) electrons. The van der Waals surface area contributed by atoms with Gasteiger partial charge in [0.1, 0.15) is 0 Å². The van der Waals surface area contributed by atoms with Crippen molar-refractivity contribution in [2.24, 2.45) is 0 Å². The summed E-state index contributed by atoms with van der Waals surface area (Å²) in [5.74, 6) is -0.0744. The maximum atomic E-state index is 13.2. The number of urea groups is 1. The summed E-state index contributed by atoms with van der Waals surface area (Å²) in [6.07, 6.45) is 0.762. The molecule has 0 saturated carbocycles. The van der Waals surface area contributed by atoms with Crippen LogP contribution in [-0.4, -0.2) is 56.5 Å². The number of carbonyl (C=O) groups excluding carboxylic acids is 2. The van der Waals surface area contributed by atoms with E-state index in [2.05, 4.69) is 22.2 Å². The van der Waals surface area contributed by atoms with Crippen molar-refractivity contribution in [1.29, 1.82) is 0 Å². The summed E-state index contributed by atoms with van der Waals surface area (Å²) in [5, 5.41) is 3.71. The predicted molar refractivity (Wildman–Crippen MR) is 138 cm³/mol. The van der Waals surface area contributed by atoms with Crippen molar-refractivity contribution in [3.63, 3.8) is 0 Å². The van der Waals surface area contributed by atoms with Crippen molar-refractivity contribution in [1.82, 2.24) is 4.90 Å². The number of halogens is 1. The number of hydrogen-bond donors (Lipinski definition) is 1. The fourth-order valence-electron chi connectivity index (χ4n) is 4.58. The van der Waals surface area contributed by atoms with E-state index in [0.29, 0.717) is 23.4 Å². The van der Waals surface area contributed by atoms with Gasteiger partial charge in [0.2, 0.25) is 0 Å². The number of nitrogens with zero attached hydrogens (tertiary/aromatic N) is 3. The smallest absolute Gasteiger partial charge is 0.326 e. The Morgan fingerprint density at radius 1 is 0.824 bits per heavy atom. The SMILES string of the molecule is CN1CCN(c2cc3c(cc2Cl)CCN3C(=O)Nc2cccc(C(=O)c3ccccc3)c2)CC1. The largest absolute Gasteiger partial charge is 0.368 e. The minimum absolute atomic E-state index is 0.0744. The Kier molecular flexibility index (Phi) is 6.26. The number of likely N-dealkylation sites (N-methyl/N-ethyl adjacent to an activating group) is 1. The summed E-state index contributed by atoms with van der Waals surface area (Å²) >= 11 is 6.63. The summed E-state index contributed by atoms with van der Waals surface area (Å²) in [6, 6.07) is 20.0. The Morgan fingerprint density at radius 2 is 1.56 bits per heavy atom. The highest BCUT2D eigenvalue weighted by Crippen LogP contribution is 2.38. The molecule has 174 valence electrons. The topological polar surface area (TPSA) is 55.9 Å². The van der Waals surface area contributed by atoms with Crippen molar-refractivity contribution in [2.75, 3.05) is 54.9 Å². The highest BCUT2D eigenvalue weighted by Gasteiger charge is 2.28. The van der Waals surface area contributed by atoms with E-state index in [9.17, 15) is 9.59 Å². The minimum Gasteiger partial charge on any atom is -0.368 e. The van der Waals surface area contributed by atoms with Gasteiger partial charge < -0.3 is 15.1 Å². The molecular formula is C27H27ClN4O2. The first-order chi connectivity index (χ1) is 16.5. The molecule has 5 rings (SSSR count). The highest BCUT2D eigenvalue weighted by atomic mass is 35.5. The maximum Gasteiger partial charge on any atom is 0.326 e. The van der Waals surface area contributed by atoms with Gasteiger partial charge in [-0.1, -0.05) is 54.1 Å². The maximum absolute atomic E-state index is 13.2. The lowest BCUT2D eigenvalue weighted by Gasteiger charge is -2.35. The number of ketones is 1. The van der Waals surface area contributed by atoms with Crippen molar-refractivity contribution >= 4 is 40.5 Å². The van der Waals surface area contributed by atoms with Crippen LogP contribution >= 0.6 is 11.6 Å². The van der Waals surface area contributed by atoms with E-state index in [1.54, 1.807) is 41.3 Å². The second-order valence-corrected chi connectivity index (χ2v) is 9.24. The molecular weight excluding hydrogens is 448 g/mol. The molecule has 2 amide bonds. The number of carbonyl (C=O) groups is 2. The van der Waals surface area contributed by atoms with E-state index < -0.39 is 0 Å². The van der Waals surface area contributed by atoms with Crippen LogP contribution in [-0.2, 0) is 6.42 Å². The summed E-state index contributed by atoms with van der Waals surface area (Å²) in [7, 11) is 2.12. The third kappa shape index (κ3) is 4.52. The van der Waals surface area contributed by atoms with Crippen LogP contribution in [0, 0.1) is 0 Å². The van der Waals surface area contributed by atoms with Crippen LogP contribution in [0.2, 0.25) is 5.02 Å². The van der Waals surface area contributed by atoms with E-state index in [0.717, 1.165) is 54.6 Å². The Morgan fingerprint density at radius 3 is 2.32 bits per heavy atom. The van der Waals surface area contributed by atoms with Crippen molar-refractivity contribution < 1.29 is 9.59 Å². The lowest BCUT2D eigenvalue weighted by molar-refractivity contribution is 0.103. The van der Waals surface area contributed by atoms with E-state index in [-0.39, 0.29) is 11.8 Å². The first kappa shape index (κ1) is 22.4. The molecule has 0 spiro atoms. The fraction of sp³-hybridized carbons (Fsp3) is 0.259. The van der Waals surface area contributed by atoms with Gasteiger partial charge in [0.25, 0.3) is 0 Å². The predicted octanol–water partition coefficient (Wildman–Crippen LogP) is 4.92. The number of hydrogen-bond acceptors (Lipinski definition) is 4. The van der Waals surface area contributed by atoms with Gasteiger partial charge in [-0.05, 0) is 43.3 Å². The van der Waals surface area contributed by atoms with Crippen LogP contribution in [0.5, 0.6) is 0 Å². The van der Waals surface area contributed by atoms with Gasteiger partial charge in [0.15, 0.2) is 5.78 Å². The highest BCUT2D eigenvalue weighted by molar-refractivity contribution is 6.33. The zero-order valence-electron chi connectivity index (χ0n) is 19.1. The third-order valence-electron chi connectivity index (χ3n) is 6.54. The van der Waals surface area contributed by atoms with Gasteiger partial charge >= 0.3 is 6.03 Å². The number of benzene rings is 3. The quantitative estimate of drug-likeness (QED) is 0.545. The Hall–Kier alpha value is -3.35. The van der Waals surface area contributed by atoms with Gasteiger partial charge in [-0.2, -0.15) is 0 Å². The number of piperazine rings is 1. The van der Waals surface area contributed by atoms with Crippen LogP contribution in [0.25, 0.3) is 0 Å². The van der Waals surface area contributed by atoms with E-state index in [1.807, 2.05) is 30.3 Å². The molecule has 0 unspecified atom stereocenters. The number of fused-ring (bicyclic) bond motifs is 1. The van der Waals surface area contributed by atoms with E-state index in [1.165, 1.54) is 0 Å². The van der Waals surface area contributed by atoms with Gasteiger partial charge in [-0.15, -0.1) is 0 Å². The molecule has 1 saturated heterocycles. The summed E-state index contributed by atoms with van der Waals surface area (Å²) in [6.45, 7) is 4.37. The zero-order valence-corrected chi connectivity index (χ0v) is 19.9. The Bertz CT molecular complexity index is 1220. The van der Waals surface area contributed by atoms with Gasteiger partial charge in [-0.25, -0.2) is 4.79 Å². The molecule has 1 N–H and O–H groups in total. The van der Waals surface area contributed by atoms with E-state index in [4.69, 9.17) is 11.6 Å². The number of amides is 2. The number of anilines is 3. The average molecular weight is 475 g/mol. The van der Waals surface area contributed by atoms with Crippen LogP contribution < -0.4 is 15.1 Å². The standard InChI is InChI=1S/C27H27ClN4O2/c1-30-12-14-31(15-13-30)25-18-24-20(17-23(25)28)10-11-32(24)27(34)29-22-9-5-8-21(16-22)26(33)19-6-3-2-4-7-19/h2-9,16-18H,10-15H2,1H3,(H,29,34). The molecule has 34 heavy (non-hydrogen) atoms. The Labute approximate surface area is 204 Å². The molecule has 6 nitrogen and oxygen atoms in total. The first-order valence-electron chi connectivity index (χ1n) is 11.5. The summed E-state index contributed by atoms with van der Waals surface area (Å²) in [5.41, 5.74) is 4.69. The van der Waals surface area contributed by atoms with Crippen LogP contribution in [0.3, 0.4) is 0 Å². The van der Waals surface area contributed by atoms with Crippen LogP contribution in [0.4, 0.5) is 21.9 Å². The second kappa shape index (κ2) is 9.49. The lowest BCUT2D eigenvalue weighted by Crippen LogP contribution is -2.44. The minimum atomic E-state index is -0.213. The van der Waals surface area contributed by atoms with Crippen molar-refractivity contribution in [2.45, 2.75) is 6.42 Å². The van der Waals surface area contributed by atoms with Crippen LogP contribution in [0.15, 0.2) is 66.7 Å². The van der Waals surface area contributed by atoms with Gasteiger partial charge in [0.05, 0.1) is 16.4 Å². The number of nitrogens with one attached hydrogen (secondary N) is 1. The fourth-order valence-corrected chi connectivity index (χ4v) is 4.89. The molecule has 0 aromatic heterocycles. The van der Waals surface area contributed by atoms with Gasteiger partial charge in [-0.3, -0.25) is 9.69 Å². The van der Waals surface area contributed by atoms with Crippen LogP contribution in [0.1, 0.15) is 21.5 Å².